The van der Waals surface area contributed by atoms with Gasteiger partial charge in [0, 0.05) is 0 Å². The van der Waals surface area contributed by atoms with Gasteiger partial charge in [-0.05, 0) is 61.6 Å². The Morgan fingerprint density at radius 2 is 1.46 bits per heavy atom. The van der Waals surface area contributed by atoms with E-state index in [0.717, 1.165) is 12.8 Å². The van der Waals surface area contributed by atoms with Gasteiger partial charge in [0.15, 0.2) is 0 Å². The summed E-state index contributed by atoms with van der Waals surface area (Å²) in [4.78, 5) is 0. The third kappa shape index (κ3) is 5.23. The van der Waals surface area contributed by atoms with Crippen LogP contribution in [0.2, 0.25) is 0 Å². The molecule has 0 saturated heterocycles. The highest BCUT2D eigenvalue weighted by atomic mass is 14.1. The first-order chi connectivity index (χ1) is 11.9. The minimum atomic E-state index is 1.14. The van der Waals surface area contributed by atoms with Gasteiger partial charge in [0.1, 0.15) is 0 Å². The van der Waals surface area contributed by atoms with E-state index in [1.807, 2.05) is 0 Å². The Labute approximate surface area is 146 Å². The van der Waals surface area contributed by atoms with E-state index in [4.69, 9.17) is 0 Å². The molecule has 1 fully saturated rings. The van der Waals surface area contributed by atoms with Crippen LogP contribution in [-0.4, -0.2) is 0 Å². The van der Waals surface area contributed by atoms with Gasteiger partial charge in [-0.1, -0.05) is 84.8 Å². The zero-order chi connectivity index (χ0) is 16.5. The largest absolute Gasteiger partial charge is 0.0767 e. The minimum absolute atomic E-state index is 1.14. The summed E-state index contributed by atoms with van der Waals surface area (Å²) in [5, 5.41) is 0. The van der Waals surface area contributed by atoms with Crippen molar-refractivity contribution >= 4 is 5.57 Å². The minimum Gasteiger partial charge on any atom is -0.0767 e. The number of allylic oxidation sites excluding steroid dienone is 4. The molecule has 3 rings (SSSR count). The Morgan fingerprint density at radius 1 is 0.792 bits per heavy atom. The quantitative estimate of drug-likeness (QED) is 0.504. The van der Waals surface area contributed by atoms with E-state index in [-0.39, 0.29) is 0 Å². The van der Waals surface area contributed by atoms with Crippen LogP contribution in [0.25, 0.3) is 5.57 Å². The number of hydrogen-bond acceptors (Lipinski definition) is 0. The molecule has 0 aliphatic heterocycles. The zero-order valence-corrected chi connectivity index (χ0v) is 14.6. The van der Waals surface area contributed by atoms with Gasteiger partial charge in [0.05, 0.1) is 0 Å². The predicted octanol–water partition coefficient (Wildman–Crippen LogP) is 6.98. The molecule has 24 heavy (non-hydrogen) atoms. The molecule has 0 spiro atoms. The third-order valence-electron chi connectivity index (χ3n) is 4.84. The first-order valence-electron chi connectivity index (χ1n) is 9.41. The maximum atomic E-state index is 2.47. The monoisotopic (exact) mass is 316 g/mol. The molecule has 0 atom stereocenters. The van der Waals surface area contributed by atoms with Crippen molar-refractivity contribution in [1.82, 2.24) is 0 Å². The van der Waals surface area contributed by atoms with Gasteiger partial charge in [-0.15, -0.1) is 0 Å². The summed E-state index contributed by atoms with van der Waals surface area (Å²) < 4.78 is 0. The van der Waals surface area contributed by atoms with E-state index >= 15 is 0 Å². The van der Waals surface area contributed by atoms with Gasteiger partial charge in [-0.2, -0.15) is 0 Å². The fourth-order valence-electron chi connectivity index (χ4n) is 3.47. The second-order valence-corrected chi connectivity index (χ2v) is 6.77. The molecule has 0 nitrogen and oxygen atoms in total. The van der Waals surface area contributed by atoms with Gasteiger partial charge in [0.2, 0.25) is 0 Å². The van der Waals surface area contributed by atoms with Crippen LogP contribution in [0.4, 0.5) is 0 Å². The van der Waals surface area contributed by atoms with Crippen LogP contribution in [0.5, 0.6) is 0 Å². The second kappa shape index (κ2) is 9.27. The average Bonchev–Trinajstić information content (AvgIpc) is 2.66. The van der Waals surface area contributed by atoms with E-state index in [2.05, 4.69) is 72.8 Å². The molecule has 1 aliphatic carbocycles. The van der Waals surface area contributed by atoms with E-state index in [1.54, 1.807) is 5.57 Å². The fraction of sp³-hybridized carbons (Fsp3) is 0.333. The van der Waals surface area contributed by atoms with Gasteiger partial charge in [-0.25, -0.2) is 0 Å². The fourth-order valence-corrected chi connectivity index (χ4v) is 3.47. The molecule has 2 aromatic carbocycles. The molecule has 0 heterocycles. The predicted molar refractivity (Wildman–Crippen MR) is 105 cm³/mol. The smallest absolute Gasteiger partial charge is 0.0187 e. The van der Waals surface area contributed by atoms with Crippen LogP contribution in [-0.2, 0) is 6.42 Å². The summed E-state index contributed by atoms with van der Waals surface area (Å²) in [5.74, 6) is 0. The topological polar surface area (TPSA) is 0 Å². The summed E-state index contributed by atoms with van der Waals surface area (Å²) >= 11 is 0. The number of aryl methyl sites for hydroxylation is 1. The lowest BCUT2D eigenvalue weighted by atomic mass is 9.91. The maximum Gasteiger partial charge on any atom is -0.0187 e. The van der Waals surface area contributed by atoms with Crippen LogP contribution in [0, 0.1) is 0 Å². The van der Waals surface area contributed by atoms with Crippen molar-refractivity contribution in [3.63, 3.8) is 0 Å². The molecule has 1 saturated carbocycles. The Bertz CT molecular complexity index is 654. The summed E-state index contributed by atoms with van der Waals surface area (Å²) in [7, 11) is 0. The highest BCUT2D eigenvalue weighted by molar-refractivity contribution is 5.74. The molecule has 0 bridgehead atoms. The SMILES string of the molecule is C(=C1CCCCC1)/C(=C/CCCc1ccccc1)c1ccccc1. The Balaban J connectivity index is 1.67. The van der Waals surface area contributed by atoms with Crippen molar-refractivity contribution in [3.05, 3.63) is 89.5 Å². The van der Waals surface area contributed by atoms with E-state index in [9.17, 15) is 0 Å². The molecular weight excluding hydrogens is 288 g/mol. The zero-order valence-electron chi connectivity index (χ0n) is 14.6. The van der Waals surface area contributed by atoms with Crippen LogP contribution < -0.4 is 0 Å². The van der Waals surface area contributed by atoms with E-state index in [1.165, 1.54) is 55.2 Å². The molecule has 0 unspecified atom stereocenters. The average molecular weight is 316 g/mol. The first kappa shape index (κ1) is 16.8. The molecular formula is C24H28. The summed E-state index contributed by atoms with van der Waals surface area (Å²) in [6.45, 7) is 0. The van der Waals surface area contributed by atoms with Crippen LogP contribution in [0.1, 0.15) is 56.1 Å². The summed E-state index contributed by atoms with van der Waals surface area (Å²) in [6, 6.07) is 21.7. The van der Waals surface area contributed by atoms with Crippen molar-refractivity contribution in [3.8, 4) is 0 Å². The second-order valence-electron chi connectivity index (χ2n) is 6.77. The van der Waals surface area contributed by atoms with Gasteiger partial charge >= 0.3 is 0 Å². The highest BCUT2D eigenvalue weighted by Crippen LogP contribution is 2.27. The van der Waals surface area contributed by atoms with Crippen molar-refractivity contribution < 1.29 is 0 Å². The Hall–Kier alpha value is -2.08. The highest BCUT2D eigenvalue weighted by Gasteiger charge is 2.07. The molecule has 0 N–H and O–H groups in total. The molecule has 124 valence electrons. The van der Waals surface area contributed by atoms with Crippen LogP contribution in [0.3, 0.4) is 0 Å². The van der Waals surface area contributed by atoms with Crippen molar-refractivity contribution in [2.75, 3.05) is 0 Å². The van der Waals surface area contributed by atoms with Gasteiger partial charge < -0.3 is 0 Å². The molecule has 0 amide bonds. The van der Waals surface area contributed by atoms with Gasteiger partial charge in [-0.3, -0.25) is 0 Å². The molecule has 1 aliphatic rings. The molecule has 2 aromatic rings. The van der Waals surface area contributed by atoms with Gasteiger partial charge in [0.25, 0.3) is 0 Å². The lowest BCUT2D eigenvalue weighted by Gasteiger charge is -2.15. The van der Waals surface area contributed by atoms with Crippen LogP contribution >= 0.6 is 0 Å². The van der Waals surface area contributed by atoms with Crippen molar-refractivity contribution in [2.45, 2.75) is 51.4 Å². The Morgan fingerprint density at radius 3 is 2.17 bits per heavy atom. The normalized spacial score (nSPS) is 15.3. The lowest BCUT2D eigenvalue weighted by Crippen LogP contribution is -1.94. The Kier molecular flexibility index (Phi) is 6.48. The van der Waals surface area contributed by atoms with Crippen molar-refractivity contribution in [1.29, 1.82) is 0 Å². The number of benzene rings is 2. The standard InChI is InChI=1S/C24H28/c1-4-12-21(13-5-1)14-10-11-19-24(23-17-8-3-9-18-23)20-22-15-6-2-7-16-22/h1,3-5,8-9,12-13,17-20H,2,6-7,10-11,14-16H2/b24-19-. The lowest BCUT2D eigenvalue weighted by molar-refractivity contribution is 0.599. The number of unbranched alkanes of at least 4 members (excludes halogenated alkanes) is 1. The molecule has 0 heteroatoms. The molecule has 0 aromatic heterocycles. The van der Waals surface area contributed by atoms with E-state index < -0.39 is 0 Å². The summed E-state index contributed by atoms with van der Waals surface area (Å²) in [6.07, 6.45) is 15.1. The third-order valence-corrected chi connectivity index (χ3v) is 4.84. The maximum absolute atomic E-state index is 2.47. The van der Waals surface area contributed by atoms with Crippen LogP contribution in [0.15, 0.2) is 78.4 Å². The number of hydrogen-bond donors (Lipinski definition) is 0. The molecule has 0 radical (unpaired) electrons. The van der Waals surface area contributed by atoms with Crippen molar-refractivity contribution in [2.24, 2.45) is 0 Å². The first-order valence-corrected chi connectivity index (χ1v) is 9.41. The summed E-state index contributed by atoms with van der Waals surface area (Å²) in [5.41, 5.74) is 5.85. The number of rotatable bonds is 6. The van der Waals surface area contributed by atoms with E-state index in [0.29, 0.717) is 0 Å².